The zero-order chi connectivity index (χ0) is 20.8. The van der Waals surface area contributed by atoms with Gasteiger partial charge in [-0.05, 0) is 48.5 Å². The fraction of sp³-hybridized carbons (Fsp3) is 0.0833. The van der Waals surface area contributed by atoms with Crippen LogP contribution in [0.1, 0.15) is 22.6 Å². The highest BCUT2D eigenvalue weighted by Gasteiger charge is 2.39. The summed E-state index contributed by atoms with van der Waals surface area (Å²) in [6.45, 7) is 0. The van der Waals surface area contributed by atoms with Crippen LogP contribution in [-0.2, 0) is 5.54 Å². The molecule has 4 aromatic rings. The van der Waals surface area contributed by atoms with Gasteiger partial charge in [-0.1, -0.05) is 24.3 Å². The monoisotopic (exact) mass is 396 g/mol. The van der Waals surface area contributed by atoms with Crippen molar-refractivity contribution in [3.05, 3.63) is 114 Å². The molecular weight excluding hydrogens is 376 g/mol. The maximum absolute atomic E-state index is 10.5. The zero-order valence-corrected chi connectivity index (χ0v) is 16.4. The number of phenolic OH excluding ortho intramolecular Hbond substituents is 1. The van der Waals surface area contributed by atoms with Crippen molar-refractivity contribution in [3.8, 4) is 11.5 Å². The maximum Gasteiger partial charge on any atom is 0.186 e. The zero-order valence-electron chi connectivity index (χ0n) is 16.4. The molecule has 0 atom stereocenters. The lowest BCUT2D eigenvalue weighted by molar-refractivity contribution is 0.373. The predicted molar refractivity (Wildman–Crippen MR) is 115 cm³/mol. The Hall–Kier alpha value is -4.06. The number of para-hydroxylation sites is 1. The molecular formula is C24H20N4O2. The quantitative estimate of drug-likeness (QED) is 0.498. The first kappa shape index (κ1) is 19.3. The Bertz CT molecular complexity index is 1040. The predicted octanol–water partition coefficient (Wildman–Crippen LogP) is 4.00. The van der Waals surface area contributed by atoms with E-state index in [4.69, 9.17) is 9.73 Å². The number of ether oxygens (including phenoxy) is 1. The molecule has 0 bridgehead atoms. The highest BCUT2D eigenvalue weighted by Crippen LogP contribution is 2.38. The minimum Gasteiger partial charge on any atom is -0.504 e. The molecule has 0 radical (unpaired) electrons. The standard InChI is InChI=1S/C24H20N4O2/c1-30-19-10-8-9-18(23(19)29)17-28-24(20-11-2-5-14-25-20,21-12-3-6-15-26-21)22-13-4-7-16-27-22/h2-17,29H,1H3. The summed E-state index contributed by atoms with van der Waals surface area (Å²) < 4.78 is 5.22. The molecule has 0 unspecified atom stereocenters. The third-order valence-electron chi connectivity index (χ3n) is 4.75. The minimum absolute atomic E-state index is 0.0145. The van der Waals surface area contributed by atoms with E-state index in [9.17, 15) is 5.11 Å². The number of aliphatic imine (C=N–C) groups is 1. The second kappa shape index (κ2) is 8.53. The van der Waals surface area contributed by atoms with E-state index in [0.29, 0.717) is 28.4 Å². The maximum atomic E-state index is 10.5. The summed E-state index contributed by atoms with van der Waals surface area (Å²) >= 11 is 0. The van der Waals surface area contributed by atoms with Crippen LogP contribution < -0.4 is 4.74 Å². The summed E-state index contributed by atoms with van der Waals surface area (Å²) in [6, 6.07) is 22.2. The SMILES string of the molecule is COc1cccc(C=NC(c2ccccn2)(c2ccccn2)c2ccccn2)c1O. The van der Waals surface area contributed by atoms with Crippen LogP contribution in [0.5, 0.6) is 11.5 Å². The smallest absolute Gasteiger partial charge is 0.186 e. The van der Waals surface area contributed by atoms with Crippen LogP contribution in [0.3, 0.4) is 0 Å². The van der Waals surface area contributed by atoms with Crippen LogP contribution >= 0.6 is 0 Å². The number of hydrogen-bond acceptors (Lipinski definition) is 6. The van der Waals surface area contributed by atoms with Gasteiger partial charge in [0.1, 0.15) is 0 Å². The van der Waals surface area contributed by atoms with Crippen LogP contribution in [0.2, 0.25) is 0 Å². The number of hydrogen-bond donors (Lipinski definition) is 1. The third-order valence-corrected chi connectivity index (χ3v) is 4.75. The van der Waals surface area contributed by atoms with Gasteiger partial charge in [0.15, 0.2) is 17.0 Å². The molecule has 1 N–H and O–H groups in total. The van der Waals surface area contributed by atoms with Crippen molar-refractivity contribution >= 4 is 6.21 Å². The van der Waals surface area contributed by atoms with Crippen molar-refractivity contribution in [2.24, 2.45) is 4.99 Å². The van der Waals surface area contributed by atoms with Crippen molar-refractivity contribution in [1.82, 2.24) is 15.0 Å². The molecule has 3 aromatic heterocycles. The largest absolute Gasteiger partial charge is 0.504 e. The third kappa shape index (κ3) is 3.51. The average molecular weight is 396 g/mol. The topological polar surface area (TPSA) is 80.5 Å². The molecule has 6 heteroatoms. The number of phenols is 1. The summed E-state index contributed by atoms with van der Waals surface area (Å²) in [7, 11) is 1.51. The molecule has 148 valence electrons. The molecule has 4 rings (SSSR count). The Balaban J connectivity index is 1.98. The van der Waals surface area contributed by atoms with E-state index in [1.807, 2.05) is 54.6 Å². The van der Waals surface area contributed by atoms with Gasteiger partial charge in [-0.25, -0.2) is 0 Å². The summed E-state index contributed by atoms with van der Waals surface area (Å²) in [6.07, 6.45) is 6.76. The van der Waals surface area contributed by atoms with Crippen LogP contribution in [0, 0.1) is 0 Å². The van der Waals surface area contributed by atoms with Gasteiger partial charge in [0.05, 0.1) is 24.2 Å². The number of rotatable bonds is 6. The first-order chi connectivity index (χ1) is 14.8. The van der Waals surface area contributed by atoms with Crippen LogP contribution in [-0.4, -0.2) is 33.4 Å². The number of aromatic nitrogens is 3. The van der Waals surface area contributed by atoms with Gasteiger partial charge in [0.2, 0.25) is 0 Å². The van der Waals surface area contributed by atoms with E-state index >= 15 is 0 Å². The van der Waals surface area contributed by atoms with Gasteiger partial charge in [0, 0.05) is 30.4 Å². The van der Waals surface area contributed by atoms with Gasteiger partial charge in [-0.3, -0.25) is 19.9 Å². The van der Waals surface area contributed by atoms with E-state index in [1.165, 1.54) is 7.11 Å². The van der Waals surface area contributed by atoms with Crippen molar-refractivity contribution < 1.29 is 9.84 Å². The molecule has 0 aliphatic heterocycles. The fourth-order valence-electron chi connectivity index (χ4n) is 3.30. The van der Waals surface area contributed by atoms with Gasteiger partial charge < -0.3 is 9.84 Å². The fourth-order valence-corrected chi connectivity index (χ4v) is 3.30. The molecule has 3 heterocycles. The Morgan fingerprint density at radius 2 is 1.30 bits per heavy atom. The van der Waals surface area contributed by atoms with Crippen LogP contribution in [0.25, 0.3) is 0 Å². The molecule has 0 aliphatic rings. The molecule has 30 heavy (non-hydrogen) atoms. The minimum atomic E-state index is -1.10. The summed E-state index contributed by atoms with van der Waals surface area (Å²) in [5, 5.41) is 10.5. The number of benzene rings is 1. The number of aromatic hydroxyl groups is 1. The lowest BCUT2D eigenvalue weighted by Crippen LogP contribution is -2.30. The second-order valence-corrected chi connectivity index (χ2v) is 6.51. The molecule has 0 saturated carbocycles. The van der Waals surface area contributed by atoms with Crippen molar-refractivity contribution in [3.63, 3.8) is 0 Å². The lowest BCUT2D eigenvalue weighted by atomic mass is 9.86. The van der Waals surface area contributed by atoms with Gasteiger partial charge in [-0.15, -0.1) is 0 Å². The van der Waals surface area contributed by atoms with Gasteiger partial charge in [0.25, 0.3) is 0 Å². The molecule has 1 aromatic carbocycles. The van der Waals surface area contributed by atoms with Crippen molar-refractivity contribution in [2.45, 2.75) is 5.54 Å². The average Bonchev–Trinajstić information content (AvgIpc) is 2.82. The Labute approximate surface area is 174 Å². The van der Waals surface area contributed by atoms with Gasteiger partial charge >= 0.3 is 0 Å². The number of pyridine rings is 3. The molecule has 0 saturated heterocycles. The van der Waals surface area contributed by atoms with Crippen molar-refractivity contribution in [1.29, 1.82) is 0 Å². The lowest BCUT2D eigenvalue weighted by Gasteiger charge is -2.28. The van der Waals surface area contributed by atoms with Crippen LogP contribution in [0.15, 0.2) is 96.4 Å². The second-order valence-electron chi connectivity index (χ2n) is 6.51. The molecule has 0 amide bonds. The first-order valence-electron chi connectivity index (χ1n) is 9.41. The van der Waals surface area contributed by atoms with Crippen LogP contribution in [0.4, 0.5) is 0 Å². The highest BCUT2D eigenvalue weighted by atomic mass is 16.5. The number of nitrogens with zero attached hydrogens (tertiary/aromatic N) is 4. The van der Waals surface area contributed by atoms with E-state index in [0.717, 1.165) is 0 Å². The van der Waals surface area contributed by atoms with E-state index in [2.05, 4.69) is 15.0 Å². The summed E-state index contributed by atoms with van der Waals surface area (Å²) in [5.74, 6) is 0.388. The Morgan fingerprint density at radius 1 is 0.767 bits per heavy atom. The Morgan fingerprint density at radius 3 is 1.73 bits per heavy atom. The molecule has 6 nitrogen and oxygen atoms in total. The summed E-state index contributed by atoms with van der Waals surface area (Å²) in [4.78, 5) is 18.7. The molecule has 0 spiro atoms. The van der Waals surface area contributed by atoms with E-state index < -0.39 is 5.54 Å². The molecule has 0 aliphatic carbocycles. The van der Waals surface area contributed by atoms with Gasteiger partial charge in [-0.2, -0.15) is 0 Å². The van der Waals surface area contributed by atoms with E-state index in [1.54, 1.807) is 43.0 Å². The summed E-state index contributed by atoms with van der Waals surface area (Å²) in [5.41, 5.74) is 1.42. The highest BCUT2D eigenvalue weighted by molar-refractivity contribution is 5.85. The van der Waals surface area contributed by atoms with E-state index in [-0.39, 0.29) is 5.75 Å². The van der Waals surface area contributed by atoms with Crippen molar-refractivity contribution in [2.75, 3.05) is 7.11 Å². The first-order valence-corrected chi connectivity index (χ1v) is 9.41. The molecule has 0 fully saturated rings. The normalized spacial score (nSPS) is 11.5. The number of methoxy groups -OCH3 is 1. The Kier molecular flexibility index (Phi) is 5.48.